The van der Waals surface area contributed by atoms with Crippen LogP contribution in [0, 0.1) is 0 Å². The summed E-state index contributed by atoms with van der Waals surface area (Å²) >= 11 is 1.60. The van der Waals surface area contributed by atoms with E-state index < -0.39 is 0 Å². The summed E-state index contributed by atoms with van der Waals surface area (Å²) in [5, 5.41) is 2.95. The average molecular weight is 230 g/mol. The summed E-state index contributed by atoms with van der Waals surface area (Å²) in [6, 6.07) is 7.50. The van der Waals surface area contributed by atoms with E-state index >= 15 is 0 Å². The van der Waals surface area contributed by atoms with E-state index in [1.165, 1.54) is 0 Å². The highest BCUT2D eigenvalue weighted by Crippen LogP contribution is 2.09. The molecule has 3 aromatic heterocycles. The van der Waals surface area contributed by atoms with Gasteiger partial charge in [0.25, 0.3) is 0 Å². The van der Waals surface area contributed by atoms with Crippen LogP contribution in [-0.4, -0.2) is 15.0 Å². The van der Waals surface area contributed by atoms with Gasteiger partial charge in [-0.15, -0.1) is 11.3 Å². The largest absolute Gasteiger partial charge is 0.384 e. The van der Waals surface area contributed by atoms with E-state index in [0.29, 0.717) is 11.5 Å². The number of hydrogen-bond donors (Lipinski definition) is 1. The van der Waals surface area contributed by atoms with Crippen molar-refractivity contribution in [1.82, 2.24) is 15.0 Å². The number of nitrogen functional groups attached to an aromatic ring is 1. The van der Waals surface area contributed by atoms with Crippen LogP contribution >= 0.6 is 11.3 Å². The van der Waals surface area contributed by atoms with Crippen LogP contribution in [0.5, 0.6) is 0 Å². The molecule has 0 spiro atoms. The summed E-state index contributed by atoms with van der Waals surface area (Å²) in [7, 11) is 0. The van der Waals surface area contributed by atoms with Crippen LogP contribution in [0.15, 0.2) is 47.5 Å². The molecule has 0 unspecified atom stereocenters. The first-order valence-electron chi connectivity index (χ1n) is 4.65. The maximum atomic E-state index is 5.47. The van der Waals surface area contributed by atoms with Gasteiger partial charge >= 0.3 is 0 Å². The Morgan fingerprint density at radius 1 is 1.12 bits per heavy atom. The second-order valence-corrected chi connectivity index (χ2v) is 3.72. The number of nitrogens with two attached hydrogens (primary N) is 1. The molecule has 0 atom stereocenters. The van der Waals surface area contributed by atoms with Crippen molar-refractivity contribution in [1.29, 1.82) is 0 Å². The van der Waals surface area contributed by atoms with Crippen LogP contribution in [-0.2, 0) is 0 Å². The smallest absolute Gasteiger partial charge is 0.161 e. The highest BCUT2D eigenvalue weighted by molar-refractivity contribution is 7.07. The molecule has 0 bridgehead atoms. The van der Waals surface area contributed by atoms with Gasteiger partial charge in [0.05, 0.1) is 5.51 Å². The van der Waals surface area contributed by atoms with E-state index in [9.17, 15) is 0 Å². The van der Waals surface area contributed by atoms with Crippen LogP contribution in [0.3, 0.4) is 0 Å². The quantitative estimate of drug-likeness (QED) is 0.644. The first-order chi connectivity index (χ1) is 7.86. The Bertz CT molecular complexity index is 533. The molecule has 3 aromatic rings. The van der Waals surface area contributed by atoms with Crippen molar-refractivity contribution in [2.75, 3.05) is 5.73 Å². The van der Waals surface area contributed by atoms with Crippen LogP contribution < -0.4 is 5.73 Å². The highest BCUT2D eigenvalue weighted by Gasteiger charge is 1.92. The summed E-state index contributed by atoms with van der Waals surface area (Å²) < 4.78 is 0. The lowest BCUT2D eigenvalue weighted by Gasteiger charge is -1.94. The van der Waals surface area contributed by atoms with Crippen molar-refractivity contribution in [3.8, 4) is 0 Å². The molecule has 2 N–H and O–H groups in total. The molecule has 0 aliphatic carbocycles. The maximum Gasteiger partial charge on any atom is 0.161 e. The molecular formula is C11H10N4S. The normalized spacial score (nSPS) is 9.50. The summed E-state index contributed by atoms with van der Waals surface area (Å²) in [6.45, 7) is 0. The van der Waals surface area contributed by atoms with Crippen molar-refractivity contribution in [2.24, 2.45) is 0 Å². The van der Waals surface area contributed by atoms with Gasteiger partial charge in [0.15, 0.2) is 5.65 Å². The third-order valence-electron chi connectivity index (χ3n) is 1.83. The minimum atomic E-state index is 0.510. The molecule has 0 saturated heterocycles. The Morgan fingerprint density at radius 2 is 2.06 bits per heavy atom. The number of anilines is 1. The van der Waals surface area contributed by atoms with E-state index in [2.05, 4.69) is 15.0 Å². The number of fused-ring (bicyclic) bond motifs is 1. The van der Waals surface area contributed by atoms with E-state index in [0.717, 1.165) is 5.39 Å². The van der Waals surface area contributed by atoms with Gasteiger partial charge in [-0.3, -0.25) is 4.98 Å². The maximum absolute atomic E-state index is 5.47. The van der Waals surface area contributed by atoms with Gasteiger partial charge in [-0.05, 0) is 24.3 Å². The highest BCUT2D eigenvalue weighted by atomic mass is 32.1. The van der Waals surface area contributed by atoms with E-state index in [4.69, 9.17) is 5.73 Å². The van der Waals surface area contributed by atoms with Crippen molar-refractivity contribution >= 4 is 28.2 Å². The van der Waals surface area contributed by atoms with Gasteiger partial charge in [-0.25, -0.2) is 9.97 Å². The predicted molar refractivity (Wildman–Crippen MR) is 66.1 cm³/mol. The van der Waals surface area contributed by atoms with Crippen LogP contribution in [0.1, 0.15) is 0 Å². The molecule has 0 aromatic carbocycles. The van der Waals surface area contributed by atoms with Gasteiger partial charge in [-0.2, -0.15) is 0 Å². The number of nitrogens with zero attached hydrogens (tertiary/aromatic N) is 3. The minimum Gasteiger partial charge on any atom is -0.384 e. The molecule has 16 heavy (non-hydrogen) atoms. The average Bonchev–Trinajstić information content (AvgIpc) is 2.87. The predicted octanol–water partition coefficient (Wildman–Crippen LogP) is 2.36. The monoisotopic (exact) mass is 230 g/mol. The molecular weight excluding hydrogens is 220 g/mol. The second kappa shape index (κ2) is 5.18. The topological polar surface area (TPSA) is 64.7 Å². The lowest BCUT2D eigenvalue weighted by atomic mass is 10.3. The first-order valence-corrected chi connectivity index (χ1v) is 5.60. The molecule has 0 fully saturated rings. The molecule has 0 saturated carbocycles. The standard InChI is InChI=1S/C8H7N3.C3H3NS/c9-7-4-3-6-2-1-5-10-8(6)11-7;1-2-5-3-4-1/h1-5H,(H2,9,10,11);1-3H. The molecule has 0 radical (unpaired) electrons. The lowest BCUT2D eigenvalue weighted by molar-refractivity contribution is 1.29. The lowest BCUT2D eigenvalue weighted by Crippen LogP contribution is -1.90. The Kier molecular flexibility index (Phi) is 3.40. The van der Waals surface area contributed by atoms with Gasteiger partial charge in [0.2, 0.25) is 0 Å². The molecule has 5 heteroatoms. The summed E-state index contributed by atoms with van der Waals surface area (Å²) in [4.78, 5) is 11.8. The van der Waals surface area contributed by atoms with Crippen molar-refractivity contribution < 1.29 is 0 Å². The summed E-state index contributed by atoms with van der Waals surface area (Å²) in [5.41, 5.74) is 7.97. The molecule has 0 amide bonds. The molecule has 0 aliphatic heterocycles. The fourth-order valence-corrected chi connectivity index (χ4v) is 1.49. The number of aromatic nitrogens is 3. The van der Waals surface area contributed by atoms with E-state index in [-0.39, 0.29) is 0 Å². The molecule has 0 aliphatic rings. The third-order valence-corrected chi connectivity index (χ3v) is 2.36. The Morgan fingerprint density at radius 3 is 2.75 bits per heavy atom. The molecule has 4 nitrogen and oxygen atoms in total. The van der Waals surface area contributed by atoms with Crippen molar-refractivity contribution in [3.63, 3.8) is 0 Å². The SMILES string of the molecule is Nc1ccc2cccnc2n1.c1cscn1. The molecule has 80 valence electrons. The number of hydrogen-bond acceptors (Lipinski definition) is 5. The minimum absolute atomic E-state index is 0.510. The van der Waals surface area contributed by atoms with Crippen LogP contribution in [0.4, 0.5) is 5.82 Å². The number of rotatable bonds is 0. The van der Waals surface area contributed by atoms with Gasteiger partial charge in [-0.1, -0.05) is 0 Å². The molecule has 3 heterocycles. The van der Waals surface area contributed by atoms with Crippen LogP contribution in [0.2, 0.25) is 0 Å². The molecule has 3 rings (SSSR count). The summed E-state index contributed by atoms with van der Waals surface area (Å²) in [6.07, 6.45) is 3.47. The summed E-state index contributed by atoms with van der Waals surface area (Å²) in [5.74, 6) is 0.510. The van der Waals surface area contributed by atoms with Crippen LogP contribution in [0.25, 0.3) is 11.0 Å². The third kappa shape index (κ3) is 2.74. The zero-order chi connectivity index (χ0) is 11.2. The zero-order valence-electron chi connectivity index (χ0n) is 8.45. The Hall–Kier alpha value is -2.01. The fraction of sp³-hybridized carbons (Fsp3) is 0. The van der Waals surface area contributed by atoms with Crippen molar-refractivity contribution in [2.45, 2.75) is 0 Å². The number of thiazole rings is 1. The van der Waals surface area contributed by atoms with E-state index in [1.807, 2.05) is 23.6 Å². The fourth-order valence-electron chi connectivity index (χ4n) is 1.14. The Labute approximate surface area is 96.8 Å². The Balaban J connectivity index is 0.000000162. The van der Waals surface area contributed by atoms with Gasteiger partial charge in [0.1, 0.15) is 5.82 Å². The van der Waals surface area contributed by atoms with Crippen molar-refractivity contribution in [3.05, 3.63) is 47.5 Å². The van der Waals surface area contributed by atoms with E-state index in [1.54, 1.807) is 35.3 Å². The first kappa shape index (κ1) is 10.5. The zero-order valence-corrected chi connectivity index (χ0v) is 9.26. The van der Waals surface area contributed by atoms with Gasteiger partial charge in [0, 0.05) is 23.2 Å². The number of pyridine rings is 2. The van der Waals surface area contributed by atoms with Gasteiger partial charge < -0.3 is 5.73 Å². The second-order valence-electron chi connectivity index (χ2n) is 2.96.